The van der Waals surface area contributed by atoms with E-state index in [1.807, 2.05) is 12.1 Å². The van der Waals surface area contributed by atoms with Gasteiger partial charge in [-0.3, -0.25) is 9.59 Å². The van der Waals surface area contributed by atoms with Gasteiger partial charge in [0.2, 0.25) is 5.91 Å². The van der Waals surface area contributed by atoms with Crippen molar-refractivity contribution in [3.05, 3.63) is 95.1 Å². The molecule has 2 amide bonds. The van der Waals surface area contributed by atoms with Gasteiger partial charge >= 0.3 is 0 Å². The van der Waals surface area contributed by atoms with Gasteiger partial charge in [-0.05, 0) is 72.5 Å². The number of hydrogen-bond acceptors (Lipinski definition) is 4. The van der Waals surface area contributed by atoms with Gasteiger partial charge in [-0.2, -0.15) is 0 Å². The van der Waals surface area contributed by atoms with Crippen LogP contribution < -0.4 is 5.73 Å². The molecular formula is C24H24N2O4. The van der Waals surface area contributed by atoms with Crippen LogP contribution >= 0.6 is 0 Å². The Morgan fingerprint density at radius 2 is 1.20 bits per heavy atom. The molecule has 6 nitrogen and oxygen atoms in total. The smallest absolute Gasteiger partial charge is 0.253 e. The van der Waals surface area contributed by atoms with Crippen LogP contribution in [-0.4, -0.2) is 40.0 Å². The van der Waals surface area contributed by atoms with E-state index in [-0.39, 0.29) is 17.4 Å². The molecular weight excluding hydrogens is 380 g/mol. The standard InChI is InChI=1S/C24H24N2O4/c25-23(29)19-7-9-20(10-8-19)24(30)26(13-11-17-3-1-5-21(27)15-17)14-12-18-4-2-6-22(28)16-18/h1-10,15-16,27-28H,11-14H2,(H2,25,29). The fourth-order valence-corrected chi connectivity index (χ4v) is 3.23. The number of phenols is 2. The maximum absolute atomic E-state index is 13.1. The molecule has 0 aliphatic heterocycles. The molecule has 6 heteroatoms. The lowest BCUT2D eigenvalue weighted by Crippen LogP contribution is -2.34. The maximum atomic E-state index is 13.1. The molecule has 3 rings (SSSR count). The van der Waals surface area contributed by atoms with Crippen molar-refractivity contribution in [2.45, 2.75) is 12.8 Å². The normalized spacial score (nSPS) is 10.5. The summed E-state index contributed by atoms with van der Waals surface area (Å²) in [5, 5.41) is 19.3. The average Bonchev–Trinajstić information content (AvgIpc) is 2.73. The molecule has 0 saturated carbocycles. The maximum Gasteiger partial charge on any atom is 0.253 e. The minimum absolute atomic E-state index is 0.161. The van der Waals surface area contributed by atoms with Crippen LogP contribution in [0, 0.1) is 0 Å². The molecule has 0 unspecified atom stereocenters. The number of benzene rings is 3. The Hall–Kier alpha value is -3.80. The average molecular weight is 404 g/mol. The zero-order chi connectivity index (χ0) is 21.5. The number of nitrogens with two attached hydrogens (primary N) is 1. The van der Waals surface area contributed by atoms with Crippen LogP contribution in [0.4, 0.5) is 0 Å². The van der Waals surface area contributed by atoms with E-state index in [0.29, 0.717) is 37.1 Å². The van der Waals surface area contributed by atoms with Crippen LogP contribution in [0.15, 0.2) is 72.8 Å². The number of carbonyl (C=O) groups excluding carboxylic acids is 2. The number of rotatable bonds is 8. The van der Waals surface area contributed by atoms with Gasteiger partial charge in [0.1, 0.15) is 11.5 Å². The van der Waals surface area contributed by atoms with E-state index in [1.165, 1.54) is 12.1 Å². The zero-order valence-electron chi connectivity index (χ0n) is 16.5. The van der Waals surface area contributed by atoms with Gasteiger partial charge in [0.25, 0.3) is 5.91 Å². The van der Waals surface area contributed by atoms with Gasteiger partial charge in [-0.1, -0.05) is 24.3 Å². The van der Waals surface area contributed by atoms with E-state index >= 15 is 0 Å². The number of nitrogens with zero attached hydrogens (tertiary/aromatic N) is 1. The molecule has 3 aromatic carbocycles. The Kier molecular flexibility index (Phi) is 6.70. The molecule has 0 spiro atoms. The van der Waals surface area contributed by atoms with Crippen molar-refractivity contribution >= 4 is 11.8 Å². The van der Waals surface area contributed by atoms with E-state index in [2.05, 4.69) is 0 Å². The van der Waals surface area contributed by atoms with Crippen LogP contribution in [0.25, 0.3) is 0 Å². The Bertz CT molecular complexity index is 982. The molecule has 0 fully saturated rings. The molecule has 0 atom stereocenters. The third kappa shape index (κ3) is 5.61. The fourth-order valence-electron chi connectivity index (χ4n) is 3.23. The van der Waals surface area contributed by atoms with Crippen LogP contribution in [0.1, 0.15) is 31.8 Å². The number of carbonyl (C=O) groups is 2. The minimum atomic E-state index is -0.543. The summed E-state index contributed by atoms with van der Waals surface area (Å²) in [6.07, 6.45) is 1.17. The van der Waals surface area contributed by atoms with Crippen LogP contribution in [0.2, 0.25) is 0 Å². The molecule has 3 aromatic rings. The number of aromatic hydroxyl groups is 2. The summed E-state index contributed by atoms with van der Waals surface area (Å²) in [5.74, 6) is -0.329. The van der Waals surface area contributed by atoms with E-state index < -0.39 is 5.91 Å². The van der Waals surface area contributed by atoms with Crippen molar-refractivity contribution in [1.29, 1.82) is 0 Å². The molecule has 0 saturated heterocycles. The van der Waals surface area contributed by atoms with Crippen molar-refractivity contribution in [1.82, 2.24) is 4.90 Å². The quantitative estimate of drug-likeness (QED) is 0.537. The van der Waals surface area contributed by atoms with Crippen molar-refractivity contribution in [2.75, 3.05) is 13.1 Å². The predicted molar refractivity (Wildman–Crippen MR) is 114 cm³/mol. The fraction of sp³-hybridized carbons (Fsp3) is 0.167. The Morgan fingerprint density at radius 3 is 1.63 bits per heavy atom. The van der Waals surface area contributed by atoms with E-state index in [1.54, 1.807) is 53.4 Å². The lowest BCUT2D eigenvalue weighted by Gasteiger charge is -2.23. The highest BCUT2D eigenvalue weighted by Gasteiger charge is 2.16. The largest absolute Gasteiger partial charge is 0.508 e. The summed E-state index contributed by atoms with van der Waals surface area (Å²) < 4.78 is 0. The van der Waals surface area contributed by atoms with E-state index in [0.717, 1.165) is 11.1 Å². The van der Waals surface area contributed by atoms with Gasteiger partial charge < -0.3 is 20.8 Å². The highest BCUT2D eigenvalue weighted by Crippen LogP contribution is 2.15. The highest BCUT2D eigenvalue weighted by atomic mass is 16.3. The molecule has 0 bridgehead atoms. The monoisotopic (exact) mass is 404 g/mol. The van der Waals surface area contributed by atoms with Gasteiger partial charge in [0, 0.05) is 24.2 Å². The van der Waals surface area contributed by atoms with Crippen molar-refractivity contribution in [2.24, 2.45) is 5.73 Å². The summed E-state index contributed by atoms with van der Waals surface area (Å²) in [7, 11) is 0. The van der Waals surface area contributed by atoms with E-state index in [4.69, 9.17) is 5.73 Å². The molecule has 0 aromatic heterocycles. The molecule has 154 valence electrons. The number of phenolic OH excluding ortho intramolecular Hbond substituents is 2. The first kappa shape index (κ1) is 20.9. The summed E-state index contributed by atoms with van der Waals surface area (Å²) in [6, 6.07) is 20.2. The van der Waals surface area contributed by atoms with Gasteiger partial charge in [0.15, 0.2) is 0 Å². The number of primary amides is 1. The summed E-state index contributed by atoms with van der Waals surface area (Å²) in [5.41, 5.74) is 7.93. The summed E-state index contributed by atoms with van der Waals surface area (Å²) in [6.45, 7) is 0.914. The van der Waals surface area contributed by atoms with Crippen LogP contribution in [0.5, 0.6) is 11.5 Å². The third-order valence-corrected chi connectivity index (χ3v) is 4.87. The molecule has 30 heavy (non-hydrogen) atoms. The second-order valence-corrected chi connectivity index (χ2v) is 7.07. The SMILES string of the molecule is NC(=O)c1ccc(C(=O)N(CCc2cccc(O)c2)CCc2cccc(O)c2)cc1. The van der Waals surface area contributed by atoms with E-state index in [9.17, 15) is 19.8 Å². The zero-order valence-corrected chi connectivity index (χ0v) is 16.5. The Labute approximate surface area is 175 Å². The van der Waals surface area contributed by atoms with Crippen molar-refractivity contribution in [3.63, 3.8) is 0 Å². The van der Waals surface area contributed by atoms with Crippen LogP contribution in [-0.2, 0) is 12.8 Å². The molecule has 0 radical (unpaired) electrons. The predicted octanol–water partition coefficient (Wildman–Crippen LogP) is 3.12. The first-order chi connectivity index (χ1) is 14.4. The first-order valence-corrected chi connectivity index (χ1v) is 9.67. The Balaban J connectivity index is 1.76. The highest BCUT2D eigenvalue weighted by molar-refractivity contribution is 5.97. The van der Waals surface area contributed by atoms with Gasteiger partial charge in [0.05, 0.1) is 0 Å². The van der Waals surface area contributed by atoms with Gasteiger partial charge in [-0.25, -0.2) is 0 Å². The number of hydrogen-bond donors (Lipinski definition) is 3. The Morgan fingerprint density at radius 1 is 0.733 bits per heavy atom. The molecule has 0 heterocycles. The second-order valence-electron chi connectivity index (χ2n) is 7.07. The number of amides is 2. The van der Waals surface area contributed by atoms with Crippen molar-refractivity contribution < 1.29 is 19.8 Å². The topological polar surface area (TPSA) is 104 Å². The lowest BCUT2D eigenvalue weighted by atomic mass is 10.1. The molecule has 0 aliphatic rings. The minimum Gasteiger partial charge on any atom is -0.508 e. The summed E-state index contributed by atoms with van der Waals surface area (Å²) in [4.78, 5) is 26.1. The first-order valence-electron chi connectivity index (χ1n) is 9.67. The van der Waals surface area contributed by atoms with Gasteiger partial charge in [-0.15, -0.1) is 0 Å². The van der Waals surface area contributed by atoms with Crippen molar-refractivity contribution in [3.8, 4) is 11.5 Å². The second kappa shape index (κ2) is 9.60. The van der Waals surface area contributed by atoms with Crippen LogP contribution in [0.3, 0.4) is 0 Å². The third-order valence-electron chi connectivity index (χ3n) is 4.87. The molecule has 0 aliphatic carbocycles. The molecule has 4 N–H and O–H groups in total. The summed E-state index contributed by atoms with van der Waals surface area (Å²) >= 11 is 0. The lowest BCUT2D eigenvalue weighted by molar-refractivity contribution is 0.0758.